The molecule has 1 heterocycles. The number of aliphatic imine (C=N–C) groups is 1. The van der Waals surface area contributed by atoms with Gasteiger partial charge in [0.1, 0.15) is 0 Å². The van der Waals surface area contributed by atoms with Gasteiger partial charge in [-0.1, -0.05) is 36.7 Å². The molecule has 0 aromatic heterocycles. The minimum Gasteiger partial charge on any atom is -0.490 e. The summed E-state index contributed by atoms with van der Waals surface area (Å²) in [6.07, 6.45) is 0.830. The molecule has 2 aromatic carbocycles. The summed E-state index contributed by atoms with van der Waals surface area (Å²) in [6.45, 7) is 3.75. The number of nitrogens with one attached hydrogen (secondary N) is 1. The zero-order chi connectivity index (χ0) is 16.2. The Morgan fingerprint density at radius 1 is 1.26 bits per heavy atom. The highest BCUT2D eigenvalue weighted by Gasteiger charge is 2.20. The lowest BCUT2D eigenvalue weighted by Crippen LogP contribution is -2.08. The lowest BCUT2D eigenvalue weighted by molar-refractivity contribution is 0.301. The molecule has 2 aromatic rings. The average molecular weight is 333 g/mol. The van der Waals surface area contributed by atoms with E-state index in [0.717, 1.165) is 17.7 Å². The van der Waals surface area contributed by atoms with Crippen molar-refractivity contribution < 1.29 is 9.13 Å². The Bertz CT molecular complexity index is 746. The SMILES string of the molecule is CCCOc1cc2c(cc1F)C(c1ccccc1Cl)=NCCN2. The molecule has 0 radical (unpaired) electrons. The van der Waals surface area contributed by atoms with E-state index >= 15 is 0 Å². The second-order valence-corrected chi connectivity index (χ2v) is 5.72. The average Bonchev–Trinajstić information content (AvgIpc) is 2.75. The van der Waals surface area contributed by atoms with Gasteiger partial charge in [0.2, 0.25) is 0 Å². The Morgan fingerprint density at radius 2 is 2.09 bits per heavy atom. The first kappa shape index (κ1) is 15.8. The molecule has 0 atom stereocenters. The largest absolute Gasteiger partial charge is 0.490 e. The molecule has 0 saturated carbocycles. The van der Waals surface area contributed by atoms with Crippen molar-refractivity contribution in [3.63, 3.8) is 0 Å². The van der Waals surface area contributed by atoms with Crippen molar-refractivity contribution in [1.82, 2.24) is 0 Å². The molecule has 0 spiro atoms. The number of benzodiazepines with no additional fused rings is 1. The normalized spacial score (nSPS) is 13.6. The predicted molar refractivity (Wildman–Crippen MR) is 92.6 cm³/mol. The van der Waals surface area contributed by atoms with Crippen LogP contribution in [0.1, 0.15) is 24.5 Å². The third-order valence-electron chi connectivity index (χ3n) is 3.62. The van der Waals surface area contributed by atoms with E-state index in [0.29, 0.717) is 36.0 Å². The van der Waals surface area contributed by atoms with Crippen LogP contribution < -0.4 is 10.1 Å². The Labute approximate surface area is 140 Å². The number of ether oxygens (including phenoxy) is 1. The Hall–Kier alpha value is -2.07. The van der Waals surface area contributed by atoms with Gasteiger partial charge in [0.15, 0.2) is 11.6 Å². The van der Waals surface area contributed by atoms with Crippen molar-refractivity contribution >= 4 is 23.0 Å². The van der Waals surface area contributed by atoms with Crippen molar-refractivity contribution in [2.75, 3.05) is 25.0 Å². The van der Waals surface area contributed by atoms with Crippen LogP contribution in [0.3, 0.4) is 0 Å². The molecule has 0 fully saturated rings. The van der Waals surface area contributed by atoms with Crippen molar-refractivity contribution in [3.05, 3.63) is 58.4 Å². The summed E-state index contributed by atoms with van der Waals surface area (Å²) in [5.41, 5.74) is 3.03. The van der Waals surface area contributed by atoms with E-state index in [1.54, 1.807) is 6.07 Å². The summed E-state index contributed by atoms with van der Waals surface area (Å²) >= 11 is 6.30. The van der Waals surface area contributed by atoms with Gasteiger partial charge in [-0.05, 0) is 18.6 Å². The number of hydrogen-bond acceptors (Lipinski definition) is 3. The molecule has 1 N–H and O–H groups in total. The van der Waals surface area contributed by atoms with Gasteiger partial charge in [0.25, 0.3) is 0 Å². The maximum atomic E-state index is 14.4. The molecule has 1 aliphatic heterocycles. The summed E-state index contributed by atoms with van der Waals surface area (Å²) in [6, 6.07) is 10.7. The fraction of sp³-hybridized carbons (Fsp3) is 0.278. The van der Waals surface area contributed by atoms with Gasteiger partial charge in [-0.2, -0.15) is 0 Å². The second kappa shape index (κ2) is 7.01. The fourth-order valence-corrected chi connectivity index (χ4v) is 2.77. The van der Waals surface area contributed by atoms with Gasteiger partial charge in [0.05, 0.1) is 18.9 Å². The Morgan fingerprint density at radius 3 is 2.87 bits per heavy atom. The predicted octanol–water partition coefficient (Wildman–Crippen LogP) is 4.53. The lowest BCUT2D eigenvalue weighted by atomic mass is 10.00. The van der Waals surface area contributed by atoms with Crippen LogP contribution in [0.25, 0.3) is 0 Å². The second-order valence-electron chi connectivity index (χ2n) is 5.31. The van der Waals surface area contributed by atoms with E-state index in [-0.39, 0.29) is 11.6 Å². The Kier molecular flexibility index (Phi) is 4.82. The van der Waals surface area contributed by atoms with Crippen LogP contribution >= 0.6 is 11.6 Å². The van der Waals surface area contributed by atoms with Gasteiger partial charge in [-0.25, -0.2) is 4.39 Å². The quantitative estimate of drug-likeness (QED) is 0.892. The number of halogens is 2. The molecular weight excluding hydrogens is 315 g/mol. The maximum Gasteiger partial charge on any atom is 0.165 e. The van der Waals surface area contributed by atoms with Crippen LogP contribution in [0.5, 0.6) is 5.75 Å². The molecule has 23 heavy (non-hydrogen) atoms. The summed E-state index contributed by atoms with van der Waals surface area (Å²) in [5.74, 6) is -0.126. The number of fused-ring (bicyclic) bond motifs is 1. The molecule has 3 nitrogen and oxygen atoms in total. The summed E-state index contributed by atoms with van der Waals surface area (Å²) in [5, 5.41) is 3.89. The molecule has 3 rings (SSSR count). The minimum atomic E-state index is -0.388. The van der Waals surface area contributed by atoms with Gasteiger partial charge < -0.3 is 10.1 Å². The van der Waals surface area contributed by atoms with Crippen LogP contribution in [-0.2, 0) is 0 Å². The van der Waals surface area contributed by atoms with Gasteiger partial charge in [-0.15, -0.1) is 0 Å². The van der Waals surface area contributed by atoms with E-state index < -0.39 is 0 Å². The van der Waals surface area contributed by atoms with Crippen LogP contribution in [0, 0.1) is 5.82 Å². The molecule has 0 amide bonds. The molecule has 1 aliphatic rings. The third-order valence-corrected chi connectivity index (χ3v) is 3.94. The summed E-state index contributed by atoms with van der Waals surface area (Å²) in [4.78, 5) is 4.59. The number of hydrogen-bond donors (Lipinski definition) is 1. The first-order chi connectivity index (χ1) is 11.2. The first-order valence-corrected chi connectivity index (χ1v) is 8.08. The van der Waals surface area contributed by atoms with Crippen molar-refractivity contribution in [1.29, 1.82) is 0 Å². The molecule has 0 saturated heterocycles. The van der Waals surface area contributed by atoms with Crippen LogP contribution in [0.15, 0.2) is 41.4 Å². The van der Waals surface area contributed by atoms with E-state index in [1.807, 2.05) is 31.2 Å². The van der Waals surface area contributed by atoms with Crippen molar-refractivity contribution in [2.45, 2.75) is 13.3 Å². The topological polar surface area (TPSA) is 33.6 Å². The highest BCUT2D eigenvalue weighted by molar-refractivity contribution is 6.35. The molecule has 0 bridgehead atoms. The summed E-state index contributed by atoms with van der Waals surface area (Å²) in [7, 11) is 0. The van der Waals surface area contributed by atoms with Crippen LogP contribution in [-0.4, -0.2) is 25.4 Å². The number of rotatable bonds is 4. The van der Waals surface area contributed by atoms with Crippen LogP contribution in [0.4, 0.5) is 10.1 Å². The number of nitrogens with zero attached hydrogens (tertiary/aromatic N) is 1. The van der Waals surface area contributed by atoms with E-state index in [1.165, 1.54) is 6.07 Å². The van der Waals surface area contributed by atoms with Gasteiger partial charge in [-0.3, -0.25) is 4.99 Å². The molecular formula is C18H18ClFN2O. The molecule has 0 aliphatic carbocycles. The zero-order valence-corrected chi connectivity index (χ0v) is 13.7. The van der Waals surface area contributed by atoms with Crippen molar-refractivity contribution in [3.8, 4) is 5.75 Å². The third kappa shape index (κ3) is 3.32. The lowest BCUT2D eigenvalue weighted by Gasteiger charge is -2.14. The van der Waals surface area contributed by atoms with Gasteiger partial charge in [0, 0.05) is 34.4 Å². The van der Waals surface area contributed by atoms with E-state index in [4.69, 9.17) is 16.3 Å². The fourth-order valence-electron chi connectivity index (χ4n) is 2.55. The summed E-state index contributed by atoms with van der Waals surface area (Å²) < 4.78 is 19.9. The standard InChI is InChI=1S/C18H18ClFN2O/c1-2-9-23-17-11-16-13(10-15(17)20)18(22-8-7-21-16)12-5-3-4-6-14(12)19/h3-6,10-11,21H,2,7-9H2,1H3. The molecule has 120 valence electrons. The van der Waals surface area contributed by atoms with E-state index in [9.17, 15) is 4.39 Å². The number of anilines is 1. The Balaban J connectivity index is 2.08. The number of benzene rings is 2. The molecule has 5 heteroatoms. The first-order valence-electron chi connectivity index (χ1n) is 7.70. The smallest absolute Gasteiger partial charge is 0.165 e. The highest BCUT2D eigenvalue weighted by atomic mass is 35.5. The van der Waals surface area contributed by atoms with Crippen molar-refractivity contribution in [2.24, 2.45) is 4.99 Å². The van der Waals surface area contributed by atoms with E-state index in [2.05, 4.69) is 10.3 Å². The maximum absolute atomic E-state index is 14.4. The zero-order valence-electron chi connectivity index (χ0n) is 12.9. The molecule has 0 unspecified atom stereocenters. The minimum absolute atomic E-state index is 0.263. The van der Waals surface area contributed by atoms with Gasteiger partial charge >= 0.3 is 0 Å². The highest BCUT2D eigenvalue weighted by Crippen LogP contribution is 2.31. The monoisotopic (exact) mass is 332 g/mol. The van der Waals surface area contributed by atoms with Crippen LogP contribution in [0.2, 0.25) is 5.02 Å².